The number of aromatic amines is 1. The Bertz CT molecular complexity index is 470. The van der Waals surface area contributed by atoms with E-state index in [2.05, 4.69) is 22.1 Å². The summed E-state index contributed by atoms with van der Waals surface area (Å²) in [7, 11) is 0. The van der Waals surface area contributed by atoms with Gasteiger partial charge in [0.2, 0.25) is 0 Å². The second-order valence-corrected chi connectivity index (χ2v) is 4.46. The van der Waals surface area contributed by atoms with Gasteiger partial charge >= 0.3 is 0 Å². The van der Waals surface area contributed by atoms with E-state index in [9.17, 15) is 0 Å². The Balaban J connectivity index is 1.88. The summed E-state index contributed by atoms with van der Waals surface area (Å²) in [6.07, 6.45) is 5.57. The first-order chi connectivity index (χ1) is 7.33. The van der Waals surface area contributed by atoms with Crippen LogP contribution in [0.25, 0.3) is 11.0 Å². The van der Waals surface area contributed by atoms with Gasteiger partial charge in [0.05, 0.1) is 17.4 Å². The van der Waals surface area contributed by atoms with Crippen molar-refractivity contribution >= 4 is 11.0 Å². The lowest BCUT2D eigenvalue weighted by molar-refractivity contribution is 0.597. The van der Waals surface area contributed by atoms with Gasteiger partial charge in [0.15, 0.2) is 0 Å². The number of nitrogens with zero attached hydrogens (tertiary/aromatic N) is 1. The van der Waals surface area contributed by atoms with Crippen LogP contribution in [-0.2, 0) is 0 Å². The van der Waals surface area contributed by atoms with E-state index in [1.165, 1.54) is 18.4 Å². The highest BCUT2D eigenvalue weighted by Gasteiger charge is 2.24. The van der Waals surface area contributed by atoms with Gasteiger partial charge in [-0.15, -0.1) is 0 Å². The zero-order chi connectivity index (χ0) is 10.3. The lowest BCUT2D eigenvalue weighted by atomic mass is 10.0. The molecule has 0 radical (unpaired) electrons. The molecule has 3 rings (SSSR count). The molecule has 1 heterocycles. The first kappa shape index (κ1) is 8.92. The Morgan fingerprint density at radius 1 is 1.47 bits per heavy atom. The molecule has 1 aliphatic carbocycles. The third-order valence-electron chi connectivity index (χ3n) is 3.16. The smallest absolute Gasteiger partial charge is 0.0931 e. The molecule has 2 aromatic rings. The van der Waals surface area contributed by atoms with Gasteiger partial charge in [-0.25, -0.2) is 4.98 Å². The summed E-state index contributed by atoms with van der Waals surface area (Å²) in [6.45, 7) is 0. The highest BCUT2D eigenvalue weighted by atomic mass is 14.9. The fraction of sp³-hybridized carbons (Fsp3) is 0.417. The van der Waals surface area contributed by atoms with Gasteiger partial charge in [-0.1, -0.05) is 18.9 Å². The quantitative estimate of drug-likeness (QED) is 0.801. The summed E-state index contributed by atoms with van der Waals surface area (Å²) in [4.78, 5) is 7.31. The van der Waals surface area contributed by atoms with E-state index in [1.54, 1.807) is 6.33 Å². The molecular weight excluding hydrogens is 186 g/mol. The number of rotatable bonds is 3. The second kappa shape index (κ2) is 3.35. The Morgan fingerprint density at radius 2 is 2.33 bits per heavy atom. The fourth-order valence-electron chi connectivity index (χ4n) is 2.03. The predicted molar refractivity (Wildman–Crippen MR) is 60.4 cm³/mol. The molecule has 1 aliphatic rings. The molecule has 0 bridgehead atoms. The summed E-state index contributed by atoms with van der Waals surface area (Å²) in [5.41, 5.74) is 9.48. The molecular formula is C12H15N3. The minimum atomic E-state index is 0.185. The average Bonchev–Trinajstić information content (AvgIpc) is 2.94. The summed E-state index contributed by atoms with van der Waals surface area (Å²) < 4.78 is 0. The normalized spacial score (nSPS) is 18.2. The summed E-state index contributed by atoms with van der Waals surface area (Å²) in [5, 5.41) is 0. The number of benzene rings is 1. The third kappa shape index (κ3) is 1.75. The molecule has 1 fully saturated rings. The molecule has 0 amide bonds. The molecule has 3 N–H and O–H groups in total. The summed E-state index contributed by atoms with van der Waals surface area (Å²) in [5.74, 6) is 0.873. The van der Waals surface area contributed by atoms with Crippen LogP contribution in [-0.4, -0.2) is 9.97 Å². The van der Waals surface area contributed by atoms with Gasteiger partial charge in [0, 0.05) is 6.04 Å². The van der Waals surface area contributed by atoms with Crippen LogP contribution < -0.4 is 5.73 Å². The van der Waals surface area contributed by atoms with Crippen molar-refractivity contribution in [3.05, 3.63) is 30.1 Å². The molecule has 1 unspecified atom stereocenters. The molecule has 1 atom stereocenters. The standard InChI is InChI=1S/C12H15N3/c13-10(5-8-1-2-8)9-3-4-11-12(6-9)15-7-14-11/h3-4,6-8,10H,1-2,5,13H2,(H,14,15). The van der Waals surface area contributed by atoms with Gasteiger partial charge in [-0.3, -0.25) is 0 Å². The van der Waals surface area contributed by atoms with Gasteiger partial charge in [-0.2, -0.15) is 0 Å². The summed E-state index contributed by atoms with van der Waals surface area (Å²) >= 11 is 0. The Labute approximate surface area is 88.7 Å². The Morgan fingerprint density at radius 3 is 3.13 bits per heavy atom. The molecule has 15 heavy (non-hydrogen) atoms. The molecule has 0 saturated heterocycles. The molecule has 0 aliphatic heterocycles. The van der Waals surface area contributed by atoms with Crippen molar-refractivity contribution in [3.8, 4) is 0 Å². The molecule has 1 aromatic carbocycles. The second-order valence-electron chi connectivity index (χ2n) is 4.46. The zero-order valence-corrected chi connectivity index (χ0v) is 8.61. The van der Waals surface area contributed by atoms with Crippen LogP contribution in [0.5, 0.6) is 0 Å². The largest absolute Gasteiger partial charge is 0.345 e. The Kier molecular flexibility index (Phi) is 1.99. The van der Waals surface area contributed by atoms with E-state index >= 15 is 0 Å². The maximum atomic E-state index is 6.16. The molecule has 3 nitrogen and oxygen atoms in total. The van der Waals surface area contributed by atoms with Crippen LogP contribution in [0.2, 0.25) is 0 Å². The summed E-state index contributed by atoms with van der Waals surface area (Å²) in [6, 6.07) is 6.43. The van der Waals surface area contributed by atoms with E-state index < -0.39 is 0 Å². The number of aromatic nitrogens is 2. The minimum Gasteiger partial charge on any atom is -0.345 e. The monoisotopic (exact) mass is 201 g/mol. The van der Waals surface area contributed by atoms with Crippen molar-refractivity contribution in [1.82, 2.24) is 9.97 Å². The molecule has 3 heteroatoms. The maximum Gasteiger partial charge on any atom is 0.0931 e. The average molecular weight is 201 g/mol. The van der Waals surface area contributed by atoms with E-state index in [1.807, 2.05) is 6.07 Å². The van der Waals surface area contributed by atoms with Crippen LogP contribution in [0.4, 0.5) is 0 Å². The van der Waals surface area contributed by atoms with Gasteiger partial charge < -0.3 is 10.7 Å². The highest BCUT2D eigenvalue weighted by molar-refractivity contribution is 5.75. The van der Waals surface area contributed by atoms with Gasteiger partial charge in [0.25, 0.3) is 0 Å². The first-order valence-electron chi connectivity index (χ1n) is 5.51. The first-order valence-corrected chi connectivity index (χ1v) is 5.51. The minimum absolute atomic E-state index is 0.185. The lowest BCUT2D eigenvalue weighted by Gasteiger charge is -2.10. The van der Waals surface area contributed by atoms with Gasteiger partial charge in [0.1, 0.15) is 0 Å². The number of hydrogen-bond acceptors (Lipinski definition) is 2. The number of nitrogens with one attached hydrogen (secondary N) is 1. The lowest BCUT2D eigenvalue weighted by Crippen LogP contribution is -2.10. The zero-order valence-electron chi connectivity index (χ0n) is 8.61. The van der Waals surface area contributed by atoms with Crippen LogP contribution in [0.15, 0.2) is 24.5 Å². The fourth-order valence-corrected chi connectivity index (χ4v) is 2.03. The highest BCUT2D eigenvalue weighted by Crippen LogP contribution is 2.36. The van der Waals surface area contributed by atoms with Crippen molar-refractivity contribution in [2.75, 3.05) is 0 Å². The molecule has 0 spiro atoms. The van der Waals surface area contributed by atoms with Crippen LogP contribution in [0.3, 0.4) is 0 Å². The molecule has 78 valence electrons. The number of imidazole rings is 1. The van der Waals surface area contributed by atoms with E-state index in [-0.39, 0.29) is 6.04 Å². The Hall–Kier alpha value is -1.35. The van der Waals surface area contributed by atoms with Crippen molar-refractivity contribution in [3.63, 3.8) is 0 Å². The van der Waals surface area contributed by atoms with Gasteiger partial charge in [-0.05, 0) is 30.0 Å². The van der Waals surface area contributed by atoms with Crippen molar-refractivity contribution < 1.29 is 0 Å². The number of fused-ring (bicyclic) bond motifs is 1. The van der Waals surface area contributed by atoms with E-state index in [0.717, 1.165) is 23.4 Å². The van der Waals surface area contributed by atoms with E-state index in [4.69, 9.17) is 5.73 Å². The predicted octanol–water partition coefficient (Wildman–Crippen LogP) is 2.36. The van der Waals surface area contributed by atoms with Crippen molar-refractivity contribution in [1.29, 1.82) is 0 Å². The van der Waals surface area contributed by atoms with Crippen LogP contribution in [0, 0.1) is 5.92 Å². The molecule has 1 saturated carbocycles. The van der Waals surface area contributed by atoms with Crippen molar-refractivity contribution in [2.24, 2.45) is 11.7 Å². The SMILES string of the molecule is NC(CC1CC1)c1ccc2nc[nH]c2c1. The van der Waals surface area contributed by atoms with Crippen molar-refractivity contribution in [2.45, 2.75) is 25.3 Å². The van der Waals surface area contributed by atoms with Crippen LogP contribution in [0.1, 0.15) is 30.9 Å². The topological polar surface area (TPSA) is 54.7 Å². The number of H-pyrrole nitrogens is 1. The number of nitrogens with two attached hydrogens (primary N) is 1. The van der Waals surface area contributed by atoms with Crippen LogP contribution >= 0.6 is 0 Å². The molecule has 1 aromatic heterocycles. The third-order valence-corrected chi connectivity index (χ3v) is 3.16. The van der Waals surface area contributed by atoms with E-state index in [0.29, 0.717) is 0 Å². The number of hydrogen-bond donors (Lipinski definition) is 2. The maximum absolute atomic E-state index is 6.16.